The molecule has 2 saturated heterocycles. The Morgan fingerprint density at radius 2 is 2.24 bits per heavy atom. The third-order valence-electron chi connectivity index (χ3n) is 4.14. The predicted octanol–water partition coefficient (Wildman–Crippen LogP) is 1.02. The molecular formula is C15H19N2O7P. The number of phosphoric ester groups is 1. The molecule has 3 rings (SSSR count). The molecule has 136 valence electrons. The molecular weight excluding hydrogens is 351 g/mol. The second-order valence-electron chi connectivity index (χ2n) is 6.39. The Morgan fingerprint density at radius 1 is 1.52 bits per heavy atom. The Labute approximate surface area is 143 Å². The highest BCUT2D eigenvalue weighted by Gasteiger charge is 2.60. The maximum Gasteiger partial charge on any atom is 0.475 e. The molecule has 0 bridgehead atoms. The predicted molar refractivity (Wildman–Crippen MR) is 86.8 cm³/mol. The van der Waals surface area contributed by atoms with Gasteiger partial charge in [-0.05, 0) is 20.8 Å². The largest absolute Gasteiger partial charge is 0.475 e. The van der Waals surface area contributed by atoms with E-state index in [0.29, 0.717) is 0 Å². The average Bonchev–Trinajstić information content (AvgIpc) is 2.79. The molecule has 0 amide bonds. The summed E-state index contributed by atoms with van der Waals surface area (Å²) in [5.41, 5.74) is -2.33. The van der Waals surface area contributed by atoms with Gasteiger partial charge in [-0.1, -0.05) is 5.92 Å². The topological polar surface area (TPSA) is 109 Å². The van der Waals surface area contributed by atoms with Gasteiger partial charge in [0, 0.05) is 12.3 Å². The first kappa shape index (κ1) is 18.1. The zero-order valence-electron chi connectivity index (χ0n) is 14.0. The van der Waals surface area contributed by atoms with Crippen LogP contribution < -0.4 is 11.2 Å². The molecule has 0 aromatic carbocycles. The molecule has 0 spiro atoms. The summed E-state index contributed by atoms with van der Waals surface area (Å²) in [5, 5.41) is 0. The SMILES string of the molecule is C#CC1(C)C2OP(=O)(OC(C)C)OCC2OC1n1ccc(=O)[nH]c1=O. The molecule has 1 aromatic rings. The van der Waals surface area contributed by atoms with Crippen molar-refractivity contribution in [2.45, 2.75) is 45.3 Å². The van der Waals surface area contributed by atoms with Crippen molar-refractivity contribution in [3.05, 3.63) is 33.1 Å². The van der Waals surface area contributed by atoms with Gasteiger partial charge in [-0.25, -0.2) is 9.36 Å². The summed E-state index contributed by atoms with van der Waals surface area (Å²) in [6.45, 7) is 5.00. The highest BCUT2D eigenvalue weighted by molar-refractivity contribution is 7.48. The van der Waals surface area contributed by atoms with Crippen LogP contribution in [-0.2, 0) is 22.9 Å². The average molecular weight is 370 g/mol. The van der Waals surface area contributed by atoms with Gasteiger partial charge in [0.1, 0.15) is 17.6 Å². The number of hydrogen-bond donors (Lipinski definition) is 1. The summed E-state index contributed by atoms with van der Waals surface area (Å²) < 4.78 is 35.8. The number of fused-ring (bicyclic) bond motifs is 1. The Morgan fingerprint density at radius 3 is 2.84 bits per heavy atom. The highest BCUT2D eigenvalue weighted by Crippen LogP contribution is 2.61. The second kappa shape index (κ2) is 6.24. The first-order valence-electron chi connectivity index (χ1n) is 7.74. The molecule has 0 radical (unpaired) electrons. The number of aromatic amines is 1. The molecule has 2 aliphatic rings. The smallest absolute Gasteiger partial charge is 0.348 e. The first-order valence-corrected chi connectivity index (χ1v) is 9.20. The number of nitrogens with one attached hydrogen (secondary N) is 1. The van der Waals surface area contributed by atoms with E-state index in [1.54, 1.807) is 20.8 Å². The minimum Gasteiger partial charge on any atom is -0.348 e. The molecule has 1 N–H and O–H groups in total. The van der Waals surface area contributed by atoms with Crippen molar-refractivity contribution in [3.8, 4) is 12.3 Å². The quantitative estimate of drug-likeness (QED) is 0.625. The van der Waals surface area contributed by atoms with E-state index in [4.69, 9.17) is 24.7 Å². The molecule has 0 aliphatic carbocycles. The van der Waals surface area contributed by atoms with Crippen LogP contribution in [0.1, 0.15) is 27.0 Å². The van der Waals surface area contributed by atoms with Crippen molar-refractivity contribution >= 4 is 7.82 Å². The molecule has 5 unspecified atom stereocenters. The summed E-state index contributed by atoms with van der Waals surface area (Å²) in [4.78, 5) is 25.5. The number of nitrogens with zero attached hydrogens (tertiary/aromatic N) is 1. The zero-order chi connectivity index (χ0) is 18.4. The van der Waals surface area contributed by atoms with Crippen LogP contribution >= 0.6 is 7.82 Å². The van der Waals surface area contributed by atoms with Crippen molar-refractivity contribution in [3.63, 3.8) is 0 Å². The lowest BCUT2D eigenvalue weighted by molar-refractivity contribution is -0.0749. The lowest BCUT2D eigenvalue weighted by Gasteiger charge is -2.35. The summed E-state index contributed by atoms with van der Waals surface area (Å²) in [6.07, 6.45) is 4.26. The molecule has 3 heterocycles. The van der Waals surface area contributed by atoms with Crippen molar-refractivity contribution in [1.29, 1.82) is 0 Å². The molecule has 25 heavy (non-hydrogen) atoms. The van der Waals surface area contributed by atoms with Gasteiger partial charge in [-0.2, -0.15) is 0 Å². The molecule has 0 saturated carbocycles. The Balaban J connectivity index is 1.98. The van der Waals surface area contributed by atoms with E-state index in [2.05, 4.69) is 10.9 Å². The fourth-order valence-corrected chi connectivity index (χ4v) is 4.63. The van der Waals surface area contributed by atoms with Gasteiger partial charge in [0.25, 0.3) is 5.56 Å². The van der Waals surface area contributed by atoms with E-state index in [-0.39, 0.29) is 12.7 Å². The minimum absolute atomic E-state index is 0.0550. The zero-order valence-corrected chi connectivity index (χ0v) is 14.9. The van der Waals surface area contributed by atoms with Crippen LogP contribution in [0, 0.1) is 17.8 Å². The van der Waals surface area contributed by atoms with Crippen molar-refractivity contribution in [1.82, 2.24) is 9.55 Å². The number of hydrogen-bond acceptors (Lipinski definition) is 7. The maximum atomic E-state index is 12.6. The summed E-state index contributed by atoms with van der Waals surface area (Å²) in [7, 11) is -3.79. The fourth-order valence-electron chi connectivity index (χ4n) is 2.98. The standard InChI is InChI=1S/C15H19N2O7P/c1-5-15(4)12-10(8-21-25(20,24-12)23-9(2)3)22-13(15)17-7-6-11(18)16-14(17)19/h1,6-7,9-10,12-13H,8H2,2-4H3,(H,16,18,19). The third-order valence-corrected chi connectivity index (χ3v) is 5.77. The van der Waals surface area contributed by atoms with E-state index in [1.807, 2.05) is 0 Å². The highest BCUT2D eigenvalue weighted by atomic mass is 31.2. The van der Waals surface area contributed by atoms with Crippen LogP contribution in [0.15, 0.2) is 21.9 Å². The number of terminal acetylenes is 1. The summed E-state index contributed by atoms with van der Waals surface area (Å²) in [5.74, 6) is 2.59. The third kappa shape index (κ3) is 3.12. The molecule has 10 heteroatoms. The molecule has 1 aromatic heterocycles. The lowest BCUT2D eigenvalue weighted by Crippen LogP contribution is -2.43. The summed E-state index contributed by atoms with van der Waals surface area (Å²) in [6, 6.07) is 1.19. The van der Waals surface area contributed by atoms with Crippen LogP contribution in [0.2, 0.25) is 0 Å². The summed E-state index contributed by atoms with van der Waals surface area (Å²) >= 11 is 0. The lowest BCUT2D eigenvalue weighted by atomic mass is 9.83. The minimum atomic E-state index is -3.79. The van der Waals surface area contributed by atoms with E-state index in [9.17, 15) is 14.2 Å². The van der Waals surface area contributed by atoms with Gasteiger partial charge in [0.05, 0.1) is 12.7 Å². The Hall–Kier alpha value is -1.69. The molecule has 9 nitrogen and oxygen atoms in total. The fraction of sp³-hybridized carbons (Fsp3) is 0.600. The van der Waals surface area contributed by atoms with Gasteiger partial charge in [-0.15, -0.1) is 6.42 Å². The van der Waals surface area contributed by atoms with Gasteiger partial charge >= 0.3 is 13.5 Å². The Bertz CT molecular complexity index is 870. The number of phosphoric acid groups is 1. The monoisotopic (exact) mass is 370 g/mol. The Kier molecular flexibility index (Phi) is 4.52. The van der Waals surface area contributed by atoms with Crippen molar-refractivity contribution in [2.24, 2.45) is 5.41 Å². The van der Waals surface area contributed by atoms with Crippen LogP contribution in [0.5, 0.6) is 0 Å². The van der Waals surface area contributed by atoms with E-state index in [1.165, 1.54) is 16.8 Å². The van der Waals surface area contributed by atoms with Crippen LogP contribution in [0.3, 0.4) is 0 Å². The normalized spacial score (nSPS) is 37.6. The molecule has 5 atom stereocenters. The van der Waals surface area contributed by atoms with E-state index >= 15 is 0 Å². The van der Waals surface area contributed by atoms with Crippen LogP contribution in [-0.4, -0.2) is 34.5 Å². The van der Waals surface area contributed by atoms with Gasteiger partial charge in [0.2, 0.25) is 0 Å². The molecule has 2 aliphatic heterocycles. The number of H-pyrrole nitrogens is 1. The van der Waals surface area contributed by atoms with Crippen molar-refractivity contribution < 1.29 is 22.9 Å². The van der Waals surface area contributed by atoms with Crippen molar-refractivity contribution in [2.75, 3.05) is 6.61 Å². The van der Waals surface area contributed by atoms with Crippen LogP contribution in [0.25, 0.3) is 0 Å². The van der Waals surface area contributed by atoms with Gasteiger partial charge in [0.15, 0.2) is 6.23 Å². The number of rotatable bonds is 3. The van der Waals surface area contributed by atoms with Gasteiger partial charge < -0.3 is 4.74 Å². The van der Waals surface area contributed by atoms with Crippen LogP contribution in [0.4, 0.5) is 0 Å². The number of aromatic nitrogens is 2. The number of ether oxygens (including phenoxy) is 1. The molecule has 2 fully saturated rings. The maximum absolute atomic E-state index is 12.6. The first-order chi connectivity index (χ1) is 11.7. The second-order valence-corrected chi connectivity index (χ2v) is 7.97. The van der Waals surface area contributed by atoms with E-state index < -0.39 is 42.9 Å². The van der Waals surface area contributed by atoms with E-state index in [0.717, 1.165) is 0 Å². The van der Waals surface area contributed by atoms with Gasteiger partial charge in [-0.3, -0.25) is 27.9 Å².